The zero-order chi connectivity index (χ0) is 11.1. The van der Waals surface area contributed by atoms with Gasteiger partial charge in [-0.15, -0.1) is 0 Å². The summed E-state index contributed by atoms with van der Waals surface area (Å²) in [5.74, 6) is 0. The summed E-state index contributed by atoms with van der Waals surface area (Å²) >= 11 is 3.34. The van der Waals surface area contributed by atoms with E-state index in [1.807, 2.05) is 18.2 Å². The number of nitrogen functional groups attached to an aromatic ring is 1. The number of nitrogens with two attached hydrogens (primary N) is 1. The van der Waals surface area contributed by atoms with E-state index in [4.69, 9.17) is 15.6 Å². The molecule has 1 rings (SSSR count). The van der Waals surface area contributed by atoms with Crippen LogP contribution in [0.2, 0.25) is 0 Å². The maximum absolute atomic E-state index is 8.49. The maximum Gasteiger partial charge on any atom is 0.0698 e. The second-order valence-corrected chi connectivity index (χ2v) is 3.91. The molecule has 0 radical (unpaired) electrons. The van der Waals surface area contributed by atoms with E-state index in [0.717, 1.165) is 10.2 Å². The molecule has 15 heavy (non-hydrogen) atoms. The van der Waals surface area contributed by atoms with Gasteiger partial charge in [-0.2, -0.15) is 0 Å². The average molecular weight is 275 g/mol. The van der Waals surface area contributed by atoms with Crippen molar-refractivity contribution < 1.29 is 9.84 Å². The number of aliphatic hydroxyl groups excluding tert-OH is 1. The van der Waals surface area contributed by atoms with Crippen LogP contribution in [0.1, 0.15) is 0 Å². The summed E-state index contributed by atoms with van der Waals surface area (Å²) in [4.78, 5) is 0. The molecule has 0 aliphatic rings. The molecule has 0 unspecified atom stereocenters. The Morgan fingerprint density at radius 1 is 1.40 bits per heavy atom. The number of ether oxygens (including phenoxy) is 1. The zero-order valence-electron chi connectivity index (χ0n) is 8.37. The van der Waals surface area contributed by atoms with E-state index < -0.39 is 0 Å². The Bertz CT molecular complexity index is 307. The summed E-state index contributed by atoms with van der Waals surface area (Å²) in [6.07, 6.45) is 0. The first-order valence-corrected chi connectivity index (χ1v) is 5.51. The molecule has 1 aromatic carbocycles. The number of halogens is 1. The first-order chi connectivity index (χ1) is 7.24. The van der Waals surface area contributed by atoms with E-state index >= 15 is 0 Å². The quantitative estimate of drug-likeness (QED) is 0.543. The van der Waals surface area contributed by atoms with E-state index in [2.05, 4.69) is 21.2 Å². The van der Waals surface area contributed by atoms with Gasteiger partial charge in [0.15, 0.2) is 0 Å². The lowest BCUT2D eigenvalue weighted by molar-refractivity contribution is 0.0992. The lowest BCUT2D eigenvalue weighted by Crippen LogP contribution is -2.12. The van der Waals surface area contributed by atoms with Crippen LogP contribution in [-0.4, -0.2) is 31.5 Å². The molecule has 0 bridgehead atoms. The lowest BCUT2D eigenvalue weighted by Gasteiger charge is -2.09. The van der Waals surface area contributed by atoms with Crippen molar-refractivity contribution in [3.8, 4) is 0 Å². The van der Waals surface area contributed by atoms with Crippen LogP contribution in [0.4, 0.5) is 11.4 Å². The van der Waals surface area contributed by atoms with Crippen LogP contribution < -0.4 is 11.1 Å². The second kappa shape index (κ2) is 6.66. The first-order valence-electron chi connectivity index (χ1n) is 4.71. The van der Waals surface area contributed by atoms with Gasteiger partial charge in [0.1, 0.15) is 0 Å². The predicted octanol–water partition coefficient (Wildman–Crippen LogP) is 1.45. The van der Waals surface area contributed by atoms with E-state index in [0.29, 0.717) is 25.4 Å². The molecule has 0 aliphatic carbocycles. The monoisotopic (exact) mass is 274 g/mol. The van der Waals surface area contributed by atoms with E-state index in [9.17, 15) is 0 Å². The van der Waals surface area contributed by atoms with Crippen molar-refractivity contribution in [3.05, 3.63) is 22.7 Å². The van der Waals surface area contributed by atoms with Crippen molar-refractivity contribution in [1.29, 1.82) is 0 Å². The topological polar surface area (TPSA) is 67.5 Å². The summed E-state index contributed by atoms with van der Waals surface area (Å²) < 4.78 is 6.07. The van der Waals surface area contributed by atoms with Gasteiger partial charge in [0.25, 0.3) is 0 Å². The van der Waals surface area contributed by atoms with E-state index in [1.54, 1.807) is 0 Å². The van der Waals surface area contributed by atoms with Crippen molar-refractivity contribution in [2.24, 2.45) is 0 Å². The number of hydrogen-bond donors (Lipinski definition) is 3. The molecule has 5 heteroatoms. The Kier molecular flexibility index (Phi) is 5.45. The van der Waals surface area contributed by atoms with Crippen LogP contribution >= 0.6 is 15.9 Å². The van der Waals surface area contributed by atoms with Crippen molar-refractivity contribution in [2.75, 3.05) is 37.4 Å². The molecule has 4 N–H and O–H groups in total. The minimum Gasteiger partial charge on any atom is -0.397 e. The van der Waals surface area contributed by atoms with Gasteiger partial charge in [-0.25, -0.2) is 0 Å². The molecule has 0 spiro atoms. The summed E-state index contributed by atoms with van der Waals surface area (Å²) in [6, 6.07) is 5.68. The number of benzene rings is 1. The molecule has 0 fully saturated rings. The second-order valence-electron chi connectivity index (χ2n) is 2.99. The van der Waals surface area contributed by atoms with Crippen molar-refractivity contribution in [3.63, 3.8) is 0 Å². The normalized spacial score (nSPS) is 10.3. The fourth-order valence-electron chi connectivity index (χ4n) is 1.12. The van der Waals surface area contributed by atoms with Crippen LogP contribution in [-0.2, 0) is 4.74 Å². The molecular weight excluding hydrogens is 260 g/mol. The van der Waals surface area contributed by atoms with Gasteiger partial charge in [0, 0.05) is 11.0 Å². The molecule has 0 aromatic heterocycles. The van der Waals surface area contributed by atoms with Crippen molar-refractivity contribution >= 4 is 27.3 Å². The highest BCUT2D eigenvalue weighted by molar-refractivity contribution is 9.10. The fraction of sp³-hybridized carbons (Fsp3) is 0.400. The largest absolute Gasteiger partial charge is 0.397 e. The third-order valence-corrected chi connectivity index (χ3v) is 2.30. The summed E-state index contributed by atoms with van der Waals surface area (Å²) in [5.41, 5.74) is 7.38. The molecule has 0 aliphatic heterocycles. The Hall–Kier alpha value is -0.780. The predicted molar refractivity (Wildman–Crippen MR) is 64.9 cm³/mol. The Morgan fingerprint density at radius 3 is 2.87 bits per heavy atom. The summed E-state index contributed by atoms with van der Waals surface area (Å²) in [5, 5.41) is 11.6. The minimum atomic E-state index is 0.0560. The van der Waals surface area contributed by atoms with Gasteiger partial charge >= 0.3 is 0 Å². The van der Waals surface area contributed by atoms with Gasteiger partial charge in [0.05, 0.1) is 31.2 Å². The lowest BCUT2D eigenvalue weighted by atomic mass is 10.3. The Balaban J connectivity index is 2.31. The fourth-order valence-corrected chi connectivity index (χ4v) is 1.50. The number of anilines is 2. The highest BCUT2D eigenvalue weighted by atomic mass is 79.9. The van der Waals surface area contributed by atoms with Crippen LogP contribution in [0.5, 0.6) is 0 Å². The number of nitrogens with one attached hydrogen (secondary N) is 1. The van der Waals surface area contributed by atoms with Gasteiger partial charge in [-0.05, 0) is 18.2 Å². The zero-order valence-corrected chi connectivity index (χ0v) is 9.96. The molecule has 0 saturated carbocycles. The summed E-state index contributed by atoms with van der Waals surface area (Å²) in [6.45, 7) is 1.65. The van der Waals surface area contributed by atoms with Crippen molar-refractivity contribution in [2.45, 2.75) is 0 Å². The highest BCUT2D eigenvalue weighted by Crippen LogP contribution is 2.22. The Labute approximate surface area is 97.6 Å². The van der Waals surface area contributed by atoms with Crippen LogP contribution in [0.15, 0.2) is 22.7 Å². The molecule has 84 valence electrons. The van der Waals surface area contributed by atoms with Crippen LogP contribution in [0.3, 0.4) is 0 Å². The summed E-state index contributed by atoms with van der Waals surface area (Å²) in [7, 11) is 0. The van der Waals surface area contributed by atoms with E-state index in [1.165, 1.54) is 0 Å². The average Bonchev–Trinajstić information content (AvgIpc) is 2.20. The molecule has 1 aromatic rings. The smallest absolute Gasteiger partial charge is 0.0698 e. The molecule has 0 heterocycles. The molecule has 0 amide bonds. The number of aliphatic hydroxyl groups is 1. The van der Waals surface area contributed by atoms with Crippen molar-refractivity contribution in [1.82, 2.24) is 0 Å². The Morgan fingerprint density at radius 2 is 2.20 bits per heavy atom. The SMILES string of the molecule is Nc1cc(Br)ccc1NCCOCCO. The van der Waals surface area contributed by atoms with Gasteiger partial charge < -0.3 is 20.9 Å². The van der Waals surface area contributed by atoms with Gasteiger partial charge in [-0.3, -0.25) is 0 Å². The highest BCUT2D eigenvalue weighted by Gasteiger charge is 1.98. The van der Waals surface area contributed by atoms with Gasteiger partial charge in [-0.1, -0.05) is 15.9 Å². The minimum absolute atomic E-state index is 0.0560. The maximum atomic E-state index is 8.49. The third-order valence-electron chi connectivity index (χ3n) is 1.81. The third kappa shape index (κ3) is 4.51. The standard InChI is InChI=1S/C10H15BrN2O2/c11-8-1-2-10(9(12)7-8)13-3-5-15-6-4-14/h1-2,7,13-14H,3-6,12H2. The molecule has 4 nitrogen and oxygen atoms in total. The van der Waals surface area contributed by atoms with Gasteiger partial charge in [0.2, 0.25) is 0 Å². The van der Waals surface area contributed by atoms with E-state index in [-0.39, 0.29) is 6.61 Å². The molecular formula is C10H15BrN2O2. The van der Waals surface area contributed by atoms with Crippen LogP contribution in [0, 0.1) is 0 Å². The number of hydrogen-bond acceptors (Lipinski definition) is 4. The van der Waals surface area contributed by atoms with Crippen LogP contribution in [0.25, 0.3) is 0 Å². The molecule has 0 saturated heterocycles. The first kappa shape index (κ1) is 12.3. The number of rotatable bonds is 6. The molecule has 0 atom stereocenters.